The summed E-state index contributed by atoms with van der Waals surface area (Å²) in [7, 11) is 2.89. The van der Waals surface area contributed by atoms with Gasteiger partial charge in [0.2, 0.25) is 0 Å². The summed E-state index contributed by atoms with van der Waals surface area (Å²) in [5.74, 6) is -0.515. The molecular weight excluding hydrogens is 413 g/mol. The molecule has 0 saturated carbocycles. The lowest BCUT2D eigenvalue weighted by molar-refractivity contribution is 0.0594. The largest absolute Gasteiger partial charge is 0.464 e. The molecule has 0 aliphatic heterocycles. The van der Waals surface area contributed by atoms with Crippen molar-refractivity contribution in [3.05, 3.63) is 44.3 Å². The van der Waals surface area contributed by atoms with Crippen molar-refractivity contribution in [2.75, 3.05) is 32.7 Å². The standard InChI is InChI=1S/C17H19Cl2N3O4S/c1-25-8-4-7-22(9-14-20-13(10-27-14)16(23)26-2)17(24)21-12-6-3-5-11(18)15(12)19/h3,5-6,10H,4,7-9H2,1-2H3,(H,21,24). The zero-order valence-electron chi connectivity index (χ0n) is 14.8. The van der Waals surface area contributed by atoms with Gasteiger partial charge in [0, 0.05) is 25.6 Å². The van der Waals surface area contributed by atoms with E-state index >= 15 is 0 Å². The van der Waals surface area contributed by atoms with Gasteiger partial charge in [0.1, 0.15) is 5.01 Å². The second kappa shape index (κ2) is 10.5. The Balaban J connectivity index is 2.12. The fraction of sp³-hybridized carbons (Fsp3) is 0.353. The highest BCUT2D eigenvalue weighted by Gasteiger charge is 2.19. The van der Waals surface area contributed by atoms with E-state index < -0.39 is 5.97 Å². The van der Waals surface area contributed by atoms with Crippen molar-refractivity contribution in [3.8, 4) is 0 Å². The van der Waals surface area contributed by atoms with Crippen LogP contribution in [0.2, 0.25) is 10.0 Å². The zero-order valence-corrected chi connectivity index (χ0v) is 17.2. The quantitative estimate of drug-likeness (QED) is 0.497. The van der Waals surface area contributed by atoms with Gasteiger partial charge < -0.3 is 19.7 Å². The van der Waals surface area contributed by atoms with Crippen molar-refractivity contribution in [2.24, 2.45) is 0 Å². The summed E-state index contributed by atoms with van der Waals surface area (Å²) in [6, 6.07) is 4.64. The number of urea groups is 1. The third-order valence-electron chi connectivity index (χ3n) is 3.53. The number of rotatable bonds is 8. The maximum atomic E-state index is 12.7. The molecule has 146 valence electrons. The van der Waals surface area contributed by atoms with Gasteiger partial charge >= 0.3 is 12.0 Å². The number of halogens is 2. The third-order valence-corrected chi connectivity index (χ3v) is 5.18. The minimum atomic E-state index is -0.515. The minimum absolute atomic E-state index is 0.215. The first-order valence-electron chi connectivity index (χ1n) is 7.97. The van der Waals surface area contributed by atoms with Crippen LogP contribution in [0.5, 0.6) is 0 Å². The molecule has 2 aromatic rings. The average molecular weight is 432 g/mol. The van der Waals surface area contributed by atoms with Crippen LogP contribution in [-0.2, 0) is 16.0 Å². The van der Waals surface area contributed by atoms with Gasteiger partial charge in [0.25, 0.3) is 0 Å². The molecule has 2 amide bonds. The molecule has 0 atom stereocenters. The molecule has 0 bridgehead atoms. The smallest absolute Gasteiger partial charge is 0.357 e. The van der Waals surface area contributed by atoms with Crippen molar-refractivity contribution >= 4 is 52.2 Å². The topological polar surface area (TPSA) is 80.8 Å². The Morgan fingerprint density at radius 2 is 2.07 bits per heavy atom. The number of hydrogen-bond acceptors (Lipinski definition) is 6. The number of carbonyl (C=O) groups excluding carboxylic acids is 2. The van der Waals surface area contributed by atoms with Gasteiger partial charge in [-0.1, -0.05) is 29.3 Å². The molecule has 0 aliphatic rings. The van der Waals surface area contributed by atoms with E-state index in [1.165, 1.54) is 18.4 Å². The lowest BCUT2D eigenvalue weighted by Gasteiger charge is -2.22. The number of esters is 1. The molecule has 0 radical (unpaired) electrons. The van der Waals surface area contributed by atoms with Gasteiger partial charge in [0.15, 0.2) is 5.69 Å². The molecule has 1 heterocycles. The number of nitrogens with one attached hydrogen (secondary N) is 1. The Labute approximate surface area is 171 Å². The van der Waals surface area contributed by atoms with Gasteiger partial charge in [-0.15, -0.1) is 11.3 Å². The molecular formula is C17H19Cl2N3O4S. The molecule has 2 rings (SSSR count). The molecule has 0 unspecified atom stereocenters. The van der Waals surface area contributed by atoms with E-state index in [9.17, 15) is 9.59 Å². The predicted molar refractivity (Wildman–Crippen MR) is 106 cm³/mol. The van der Waals surface area contributed by atoms with Crippen LogP contribution in [0, 0.1) is 0 Å². The lowest BCUT2D eigenvalue weighted by Crippen LogP contribution is -2.35. The van der Waals surface area contributed by atoms with Crippen LogP contribution >= 0.6 is 34.5 Å². The summed E-state index contributed by atoms with van der Waals surface area (Å²) in [5.41, 5.74) is 0.632. The molecule has 1 aromatic heterocycles. The van der Waals surface area contributed by atoms with E-state index in [0.29, 0.717) is 35.3 Å². The van der Waals surface area contributed by atoms with Crippen LogP contribution in [0.15, 0.2) is 23.6 Å². The zero-order chi connectivity index (χ0) is 19.8. The molecule has 0 fully saturated rings. The van der Waals surface area contributed by atoms with Gasteiger partial charge in [-0.3, -0.25) is 0 Å². The Morgan fingerprint density at radius 1 is 1.30 bits per heavy atom. The summed E-state index contributed by atoms with van der Waals surface area (Å²) < 4.78 is 9.71. The van der Waals surface area contributed by atoms with Crippen molar-refractivity contribution in [3.63, 3.8) is 0 Å². The van der Waals surface area contributed by atoms with E-state index in [4.69, 9.17) is 27.9 Å². The van der Waals surface area contributed by atoms with Crippen LogP contribution in [-0.4, -0.2) is 49.3 Å². The Kier molecular flexibility index (Phi) is 8.30. The van der Waals surface area contributed by atoms with E-state index in [1.54, 1.807) is 35.6 Å². The van der Waals surface area contributed by atoms with Crippen molar-refractivity contribution in [1.82, 2.24) is 9.88 Å². The molecule has 0 aliphatic carbocycles. The Bertz CT molecular complexity index is 800. The van der Waals surface area contributed by atoms with Gasteiger partial charge in [-0.2, -0.15) is 0 Å². The van der Waals surface area contributed by atoms with Crippen molar-refractivity contribution < 1.29 is 19.1 Å². The number of thiazole rings is 1. The molecule has 10 heteroatoms. The second-order valence-electron chi connectivity index (χ2n) is 5.42. The number of hydrogen-bond donors (Lipinski definition) is 1. The molecule has 0 saturated heterocycles. The van der Waals surface area contributed by atoms with Gasteiger partial charge in [0.05, 0.1) is 29.4 Å². The number of methoxy groups -OCH3 is 2. The first kappa shape index (κ1) is 21.4. The SMILES string of the molecule is COCCCN(Cc1nc(C(=O)OC)cs1)C(=O)Nc1cccc(Cl)c1Cl. The molecule has 7 nitrogen and oxygen atoms in total. The summed E-state index contributed by atoms with van der Waals surface area (Å²) in [4.78, 5) is 30.1. The number of aromatic nitrogens is 1. The Morgan fingerprint density at radius 3 is 2.78 bits per heavy atom. The van der Waals surface area contributed by atoms with E-state index in [2.05, 4.69) is 15.0 Å². The normalized spacial score (nSPS) is 10.5. The van der Waals surface area contributed by atoms with Gasteiger partial charge in [-0.05, 0) is 18.6 Å². The summed E-state index contributed by atoms with van der Waals surface area (Å²) in [6.45, 7) is 1.17. The summed E-state index contributed by atoms with van der Waals surface area (Å²) >= 11 is 13.4. The van der Waals surface area contributed by atoms with Gasteiger partial charge in [-0.25, -0.2) is 14.6 Å². The maximum absolute atomic E-state index is 12.7. The molecule has 0 spiro atoms. The van der Waals surface area contributed by atoms with Crippen LogP contribution in [0.25, 0.3) is 0 Å². The van der Waals surface area contributed by atoms with E-state index in [-0.39, 0.29) is 23.3 Å². The number of carbonyl (C=O) groups is 2. The number of ether oxygens (including phenoxy) is 2. The molecule has 1 aromatic carbocycles. The van der Waals surface area contributed by atoms with E-state index in [0.717, 1.165) is 0 Å². The molecule has 27 heavy (non-hydrogen) atoms. The van der Waals surface area contributed by atoms with Crippen molar-refractivity contribution in [1.29, 1.82) is 0 Å². The minimum Gasteiger partial charge on any atom is -0.464 e. The van der Waals surface area contributed by atoms with Crippen LogP contribution in [0.1, 0.15) is 21.9 Å². The summed E-state index contributed by atoms with van der Waals surface area (Å²) in [5, 5.41) is 5.58. The fourth-order valence-corrected chi connectivity index (χ4v) is 3.32. The molecule has 1 N–H and O–H groups in total. The monoisotopic (exact) mass is 431 g/mol. The van der Waals surface area contributed by atoms with Crippen LogP contribution in [0.4, 0.5) is 10.5 Å². The van der Waals surface area contributed by atoms with Crippen LogP contribution < -0.4 is 5.32 Å². The first-order valence-corrected chi connectivity index (χ1v) is 9.61. The third kappa shape index (κ3) is 6.07. The summed E-state index contributed by atoms with van der Waals surface area (Å²) in [6.07, 6.45) is 0.641. The first-order chi connectivity index (χ1) is 13.0. The predicted octanol–water partition coefficient (Wildman–Crippen LogP) is 4.31. The highest BCUT2D eigenvalue weighted by atomic mass is 35.5. The Hall–Kier alpha value is -1.87. The van der Waals surface area contributed by atoms with Crippen LogP contribution in [0.3, 0.4) is 0 Å². The number of amides is 2. The highest BCUT2D eigenvalue weighted by molar-refractivity contribution is 7.09. The maximum Gasteiger partial charge on any atom is 0.357 e. The lowest BCUT2D eigenvalue weighted by atomic mass is 10.3. The second-order valence-corrected chi connectivity index (χ2v) is 7.15. The number of nitrogens with zero attached hydrogens (tertiary/aromatic N) is 2. The number of benzene rings is 1. The van der Waals surface area contributed by atoms with Crippen molar-refractivity contribution in [2.45, 2.75) is 13.0 Å². The highest BCUT2D eigenvalue weighted by Crippen LogP contribution is 2.29. The van der Waals surface area contributed by atoms with E-state index in [1.807, 2.05) is 0 Å². The average Bonchev–Trinajstić information content (AvgIpc) is 3.12. The fourth-order valence-electron chi connectivity index (χ4n) is 2.19. The number of anilines is 1.